The summed E-state index contributed by atoms with van der Waals surface area (Å²) in [5.41, 5.74) is 13.6. The number of hydrogen-bond acceptors (Lipinski definition) is 6. The van der Waals surface area contributed by atoms with Crippen LogP contribution in [-0.2, 0) is 0 Å². The van der Waals surface area contributed by atoms with E-state index in [-0.39, 0.29) is 17.6 Å². The molecule has 0 unspecified atom stereocenters. The van der Waals surface area contributed by atoms with E-state index in [0.29, 0.717) is 11.8 Å². The molecule has 0 spiro atoms. The lowest BCUT2D eigenvalue weighted by Gasteiger charge is -2.15. The molecule has 2 aromatic rings. The van der Waals surface area contributed by atoms with E-state index in [1.165, 1.54) is 6.20 Å². The molecule has 3 rings (SSSR count). The Labute approximate surface area is 140 Å². The van der Waals surface area contributed by atoms with Crippen LogP contribution in [0.15, 0.2) is 30.5 Å². The van der Waals surface area contributed by atoms with Crippen molar-refractivity contribution >= 4 is 23.4 Å². The van der Waals surface area contributed by atoms with E-state index in [2.05, 4.69) is 20.6 Å². The Morgan fingerprint density at radius 1 is 1.33 bits per heavy atom. The lowest BCUT2D eigenvalue weighted by Crippen LogP contribution is -2.22. The van der Waals surface area contributed by atoms with Crippen LogP contribution in [0.5, 0.6) is 0 Å². The summed E-state index contributed by atoms with van der Waals surface area (Å²) in [6.45, 7) is 2.00. The van der Waals surface area contributed by atoms with Gasteiger partial charge in [-0.05, 0) is 43.9 Å². The molecule has 1 heterocycles. The second-order valence-corrected chi connectivity index (χ2v) is 6.23. The molecule has 1 fully saturated rings. The molecular formula is C17H22N6O. The first kappa shape index (κ1) is 16.2. The molecule has 1 amide bonds. The van der Waals surface area contributed by atoms with Crippen molar-refractivity contribution in [1.29, 1.82) is 0 Å². The standard InChI is InChI=1S/C17H22N6O/c1-10-3-2-4-12(7-10)21-16-14(15(19)24)9-20-17(23-16)22-13-6-5-11(18)8-13/h2-4,7,9,11,13H,5-6,8,18H2,1H3,(H2,19,24)(H2,20,21,22,23)/t11-,13+/m1/s1. The van der Waals surface area contributed by atoms with Gasteiger partial charge >= 0.3 is 0 Å². The van der Waals surface area contributed by atoms with Gasteiger partial charge in [0.15, 0.2) is 0 Å². The number of nitrogens with two attached hydrogens (primary N) is 2. The number of nitrogens with one attached hydrogen (secondary N) is 2. The third-order valence-electron chi connectivity index (χ3n) is 4.14. The molecule has 0 radical (unpaired) electrons. The molecule has 1 aliphatic rings. The van der Waals surface area contributed by atoms with Gasteiger partial charge in [-0.15, -0.1) is 0 Å². The number of nitrogens with zero attached hydrogens (tertiary/aromatic N) is 2. The van der Waals surface area contributed by atoms with Crippen LogP contribution < -0.4 is 22.1 Å². The molecule has 1 aromatic carbocycles. The first-order valence-corrected chi connectivity index (χ1v) is 8.04. The van der Waals surface area contributed by atoms with Gasteiger partial charge < -0.3 is 22.1 Å². The normalized spacial score (nSPS) is 19.9. The smallest absolute Gasteiger partial charge is 0.254 e. The summed E-state index contributed by atoms with van der Waals surface area (Å²) < 4.78 is 0. The quantitative estimate of drug-likeness (QED) is 0.666. The highest BCUT2D eigenvalue weighted by molar-refractivity contribution is 5.98. The number of hydrogen-bond donors (Lipinski definition) is 4. The highest BCUT2D eigenvalue weighted by Crippen LogP contribution is 2.23. The molecule has 6 N–H and O–H groups in total. The third-order valence-corrected chi connectivity index (χ3v) is 4.14. The fraction of sp³-hybridized carbons (Fsp3) is 0.353. The average Bonchev–Trinajstić information content (AvgIpc) is 2.92. The first-order chi connectivity index (χ1) is 11.5. The third kappa shape index (κ3) is 3.80. The fourth-order valence-corrected chi connectivity index (χ4v) is 2.92. The Morgan fingerprint density at radius 2 is 2.17 bits per heavy atom. The molecule has 1 aromatic heterocycles. The van der Waals surface area contributed by atoms with Crippen molar-refractivity contribution in [2.75, 3.05) is 10.6 Å². The molecular weight excluding hydrogens is 304 g/mol. The summed E-state index contributed by atoms with van der Waals surface area (Å²) in [5, 5.41) is 6.43. The van der Waals surface area contributed by atoms with Gasteiger partial charge in [0.2, 0.25) is 5.95 Å². The first-order valence-electron chi connectivity index (χ1n) is 8.04. The zero-order valence-corrected chi connectivity index (χ0v) is 13.6. The van der Waals surface area contributed by atoms with Gasteiger partial charge in [0.05, 0.1) is 0 Å². The molecule has 0 saturated heterocycles. The number of carbonyl (C=O) groups excluding carboxylic acids is 1. The number of primary amides is 1. The number of rotatable bonds is 5. The fourth-order valence-electron chi connectivity index (χ4n) is 2.92. The van der Waals surface area contributed by atoms with Crippen molar-refractivity contribution < 1.29 is 4.79 Å². The van der Waals surface area contributed by atoms with Crippen LogP contribution >= 0.6 is 0 Å². The van der Waals surface area contributed by atoms with Gasteiger partial charge in [-0.3, -0.25) is 4.79 Å². The van der Waals surface area contributed by atoms with Gasteiger partial charge in [-0.1, -0.05) is 12.1 Å². The van der Waals surface area contributed by atoms with Gasteiger partial charge in [-0.2, -0.15) is 4.98 Å². The van der Waals surface area contributed by atoms with E-state index in [0.717, 1.165) is 30.5 Å². The molecule has 0 bridgehead atoms. The van der Waals surface area contributed by atoms with Crippen LogP contribution in [0, 0.1) is 6.92 Å². The van der Waals surface area contributed by atoms with Crippen LogP contribution in [0.3, 0.4) is 0 Å². The topological polar surface area (TPSA) is 119 Å². The van der Waals surface area contributed by atoms with Crippen molar-refractivity contribution in [3.05, 3.63) is 41.6 Å². The van der Waals surface area contributed by atoms with E-state index >= 15 is 0 Å². The second kappa shape index (κ2) is 6.84. The Hall–Kier alpha value is -2.67. The number of amides is 1. The number of anilines is 3. The number of aromatic nitrogens is 2. The highest BCUT2D eigenvalue weighted by Gasteiger charge is 2.22. The number of benzene rings is 1. The molecule has 1 aliphatic carbocycles. The van der Waals surface area contributed by atoms with Gasteiger partial charge in [0.25, 0.3) is 5.91 Å². The van der Waals surface area contributed by atoms with Crippen molar-refractivity contribution in [2.24, 2.45) is 11.5 Å². The van der Waals surface area contributed by atoms with E-state index in [1.807, 2.05) is 31.2 Å². The number of carbonyl (C=O) groups is 1. The molecule has 0 aliphatic heterocycles. The minimum Gasteiger partial charge on any atom is -0.365 e. The van der Waals surface area contributed by atoms with E-state index in [1.54, 1.807) is 0 Å². The SMILES string of the molecule is Cc1cccc(Nc2nc(N[C@H]3CC[C@@H](N)C3)ncc2C(N)=O)c1. The van der Waals surface area contributed by atoms with Crippen LogP contribution in [0.1, 0.15) is 35.2 Å². The van der Waals surface area contributed by atoms with Crippen molar-refractivity contribution in [3.63, 3.8) is 0 Å². The van der Waals surface area contributed by atoms with Crippen LogP contribution in [0.25, 0.3) is 0 Å². The zero-order chi connectivity index (χ0) is 17.1. The maximum absolute atomic E-state index is 11.6. The highest BCUT2D eigenvalue weighted by atomic mass is 16.1. The maximum atomic E-state index is 11.6. The summed E-state index contributed by atoms with van der Waals surface area (Å²) in [6.07, 6.45) is 4.32. The molecule has 7 heteroatoms. The average molecular weight is 326 g/mol. The summed E-state index contributed by atoms with van der Waals surface area (Å²) in [5.74, 6) is 0.293. The van der Waals surface area contributed by atoms with Crippen LogP contribution in [-0.4, -0.2) is 28.0 Å². The molecule has 24 heavy (non-hydrogen) atoms. The summed E-state index contributed by atoms with van der Waals surface area (Å²) >= 11 is 0. The second-order valence-electron chi connectivity index (χ2n) is 6.23. The van der Waals surface area contributed by atoms with Crippen molar-refractivity contribution in [1.82, 2.24) is 9.97 Å². The van der Waals surface area contributed by atoms with Crippen LogP contribution in [0.2, 0.25) is 0 Å². The minimum atomic E-state index is -0.570. The van der Waals surface area contributed by atoms with Gasteiger partial charge in [-0.25, -0.2) is 4.98 Å². The van der Waals surface area contributed by atoms with Gasteiger partial charge in [0, 0.05) is 24.0 Å². The zero-order valence-electron chi connectivity index (χ0n) is 13.6. The summed E-state index contributed by atoms with van der Waals surface area (Å²) in [4.78, 5) is 20.3. The lowest BCUT2D eigenvalue weighted by atomic mass is 10.2. The molecule has 2 atom stereocenters. The van der Waals surface area contributed by atoms with E-state index in [4.69, 9.17) is 11.5 Å². The van der Waals surface area contributed by atoms with Gasteiger partial charge in [0.1, 0.15) is 11.4 Å². The summed E-state index contributed by atoms with van der Waals surface area (Å²) in [7, 11) is 0. The van der Waals surface area contributed by atoms with E-state index < -0.39 is 5.91 Å². The Bertz CT molecular complexity index is 748. The maximum Gasteiger partial charge on any atom is 0.254 e. The monoisotopic (exact) mass is 326 g/mol. The minimum absolute atomic E-state index is 0.220. The number of aryl methyl sites for hydroxylation is 1. The van der Waals surface area contributed by atoms with E-state index in [9.17, 15) is 4.79 Å². The largest absolute Gasteiger partial charge is 0.365 e. The predicted octanol–water partition coefficient (Wildman–Crippen LogP) is 1.92. The molecule has 126 valence electrons. The Balaban J connectivity index is 1.84. The molecule has 1 saturated carbocycles. The summed E-state index contributed by atoms with van der Waals surface area (Å²) in [6, 6.07) is 8.28. The Morgan fingerprint density at radius 3 is 2.83 bits per heavy atom. The predicted molar refractivity (Wildman–Crippen MR) is 94.2 cm³/mol. The van der Waals surface area contributed by atoms with Crippen LogP contribution in [0.4, 0.5) is 17.5 Å². The van der Waals surface area contributed by atoms with Crippen molar-refractivity contribution in [2.45, 2.75) is 38.3 Å². The Kier molecular flexibility index (Phi) is 4.61. The van der Waals surface area contributed by atoms with Crippen molar-refractivity contribution in [3.8, 4) is 0 Å². The molecule has 7 nitrogen and oxygen atoms in total. The lowest BCUT2D eigenvalue weighted by molar-refractivity contribution is 0.100.